The third kappa shape index (κ3) is 2.91. The van der Waals surface area contributed by atoms with Crippen LogP contribution in [-0.2, 0) is 0 Å². The van der Waals surface area contributed by atoms with Crippen molar-refractivity contribution in [1.29, 1.82) is 0 Å². The average molecular weight is 272 g/mol. The summed E-state index contributed by atoms with van der Waals surface area (Å²) in [6, 6.07) is 12.1. The maximum absolute atomic E-state index is 4.00. The first-order valence-corrected chi connectivity index (χ1v) is 8.07. The lowest BCUT2D eigenvalue weighted by molar-refractivity contribution is 0.0568. The van der Waals surface area contributed by atoms with Crippen LogP contribution in [0.15, 0.2) is 30.3 Å². The van der Waals surface area contributed by atoms with E-state index in [0.717, 1.165) is 5.92 Å². The quantitative estimate of drug-likeness (QED) is 0.906. The van der Waals surface area contributed by atoms with Gasteiger partial charge < -0.3 is 10.2 Å². The second-order valence-corrected chi connectivity index (χ2v) is 7.62. The first kappa shape index (κ1) is 14.1. The monoisotopic (exact) mass is 272 g/mol. The molecule has 3 aliphatic rings. The lowest BCUT2D eigenvalue weighted by Gasteiger charge is -2.48. The third-order valence-electron chi connectivity index (χ3n) is 5.04. The minimum Gasteiger partial charge on any atom is -0.305 e. The summed E-state index contributed by atoms with van der Waals surface area (Å²) in [6.45, 7) is 10.9. The molecule has 0 spiro atoms. The number of hydrogen-bond acceptors (Lipinski definition) is 2. The molecular formula is C18H28N2. The smallest absolute Gasteiger partial charge is 0.0372 e. The highest BCUT2D eigenvalue weighted by molar-refractivity contribution is 5.21. The van der Waals surface area contributed by atoms with E-state index in [1.807, 2.05) is 0 Å². The first-order valence-electron chi connectivity index (χ1n) is 8.07. The van der Waals surface area contributed by atoms with E-state index in [0.29, 0.717) is 12.1 Å². The van der Waals surface area contributed by atoms with Crippen molar-refractivity contribution < 1.29 is 0 Å². The number of fused-ring (bicyclic) bond motifs is 3. The Hall–Kier alpha value is -0.860. The molecule has 110 valence electrons. The van der Waals surface area contributed by atoms with E-state index in [4.69, 9.17) is 0 Å². The molecule has 3 saturated heterocycles. The molecule has 1 aromatic carbocycles. The van der Waals surface area contributed by atoms with Gasteiger partial charge in [0.1, 0.15) is 0 Å². The molecular weight excluding hydrogens is 244 g/mol. The molecule has 1 aromatic rings. The van der Waals surface area contributed by atoms with Gasteiger partial charge in [0.25, 0.3) is 0 Å². The lowest BCUT2D eigenvalue weighted by atomic mass is 9.78. The van der Waals surface area contributed by atoms with Crippen LogP contribution < -0.4 is 5.32 Å². The van der Waals surface area contributed by atoms with Gasteiger partial charge in [-0.05, 0) is 42.8 Å². The Kier molecular flexibility index (Phi) is 3.87. The SMILES string of the molecule is CC(C)(C)C(NC1CN2CCC1CC2)c1ccccc1. The van der Waals surface area contributed by atoms with Crippen molar-refractivity contribution in [3.63, 3.8) is 0 Å². The molecule has 2 unspecified atom stereocenters. The van der Waals surface area contributed by atoms with Gasteiger partial charge in [0.05, 0.1) is 0 Å². The minimum atomic E-state index is 0.243. The number of benzene rings is 1. The molecule has 0 radical (unpaired) electrons. The van der Waals surface area contributed by atoms with Gasteiger partial charge in [-0.2, -0.15) is 0 Å². The summed E-state index contributed by atoms with van der Waals surface area (Å²) in [5.41, 5.74) is 1.67. The third-order valence-corrected chi connectivity index (χ3v) is 5.04. The number of nitrogens with one attached hydrogen (secondary N) is 1. The van der Waals surface area contributed by atoms with E-state index in [-0.39, 0.29) is 5.41 Å². The van der Waals surface area contributed by atoms with Crippen LogP contribution >= 0.6 is 0 Å². The molecule has 2 nitrogen and oxygen atoms in total. The van der Waals surface area contributed by atoms with Gasteiger partial charge in [-0.1, -0.05) is 51.1 Å². The molecule has 0 amide bonds. The minimum absolute atomic E-state index is 0.243. The zero-order chi connectivity index (χ0) is 14.2. The van der Waals surface area contributed by atoms with E-state index < -0.39 is 0 Å². The van der Waals surface area contributed by atoms with Crippen LogP contribution in [0.25, 0.3) is 0 Å². The molecule has 4 rings (SSSR count). The normalized spacial score (nSPS) is 31.2. The average Bonchev–Trinajstić information content (AvgIpc) is 2.46. The highest BCUT2D eigenvalue weighted by atomic mass is 15.2. The maximum Gasteiger partial charge on any atom is 0.0372 e. The van der Waals surface area contributed by atoms with Gasteiger partial charge in [0.15, 0.2) is 0 Å². The summed E-state index contributed by atoms with van der Waals surface area (Å²) in [7, 11) is 0. The zero-order valence-electron chi connectivity index (χ0n) is 13.1. The molecule has 3 heterocycles. The largest absolute Gasteiger partial charge is 0.305 e. The van der Waals surface area contributed by atoms with Gasteiger partial charge in [0.2, 0.25) is 0 Å². The lowest BCUT2D eigenvalue weighted by Crippen LogP contribution is -2.57. The highest BCUT2D eigenvalue weighted by Crippen LogP contribution is 2.36. The van der Waals surface area contributed by atoms with Crippen LogP contribution in [0.2, 0.25) is 0 Å². The summed E-state index contributed by atoms with van der Waals surface area (Å²) in [5.74, 6) is 0.883. The van der Waals surface area contributed by atoms with Gasteiger partial charge in [-0.15, -0.1) is 0 Å². The molecule has 20 heavy (non-hydrogen) atoms. The fraction of sp³-hybridized carbons (Fsp3) is 0.667. The van der Waals surface area contributed by atoms with Gasteiger partial charge in [0, 0.05) is 18.6 Å². The van der Waals surface area contributed by atoms with Gasteiger partial charge in [-0.3, -0.25) is 0 Å². The molecule has 0 aliphatic carbocycles. The Morgan fingerprint density at radius 2 is 1.75 bits per heavy atom. The Morgan fingerprint density at radius 1 is 1.10 bits per heavy atom. The van der Waals surface area contributed by atoms with Gasteiger partial charge >= 0.3 is 0 Å². The van der Waals surface area contributed by atoms with Gasteiger partial charge in [-0.25, -0.2) is 0 Å². The number of hydrogen-bond donors (Lipinski definition) is 1. The van der Waals surface area contributed by atoms with E-state index in [1.165, 1.54) is 38.0 Å². The molecule has 2 bridgehead atoms. The van der Waals surface area contributed by atoms with Crippen molar-refractivity contribution >= 4 is 0 Å². The second-order valence-electron chi connectivity index (χ2n) is 7.62. The Labute approximate surface area is 123 Å². The van der Waals surface area contributed by atoms with E-state index in [9.17, 15) is 0 Å². The Balaban J connectivity index is 1.77. The van der Waals surface area contributed by atoms with Crippen molar-refractivity contribution in [2.75, 3.05) is 19.6 Å². The number of nitrogens with zero attached hydrogens (tertiary/aromatic N) is 1. The standard InChI is InChI=1S/C18H28N2/c1-18(2,3)17(15-7-5-4-6-8-15)19-16-13-20-11-9-14(16)10-12-20/h4-8,14,16-17,19H,9-13H2,1-3H3. The van der Waals surface area contributed by atoms with Crippen molar-refractivity contribution in [2.45, 2.75) is 45.7 Å². The molecule has 2 atom stereocenters. The molecule has 2 heteroatoms. The van der Waals surface area contributed by atoms with E-state index >= 15 is 0 Å². The number of rotatable bonds is 3. The fourth-order valence-electron chi connectivity index (χ4n) is 3.86. The molecule has 3 aliphatic heterocycles. The van der Waals surface area contributed by atoms with Crippen molar-refractivity contribution in [2.24, 2.45) is 11.3 Å². The predicted molar refractivity (Wildman–Crippen MR) is 84.7 cm³/mol. The van der Waals surface area contributed by atoms with Crippen LogP contribution in [0, 0.1) is 11.3 Å². The van der Waals surface area contributed by atoms with Crippen LogP contribution in [0.5, 0.6) is 0 Å². The Morgan fingerprint density at radius 3 is 2.25 bits per heavy atom. The first-order chi connectivity index (χ1) is 9.54. The molecule has 0 aromatic heterocycles. The van der Waals surface area contributed by atoms with Crippen LogP contribution in [0.3, 0.4) is 0 Å². The second kappa shape index (κ2) is 5.50. The van der Waals surface area contributed by atoms with Crippen molar-refractivity contribution in [3.05, 3.63) is 35.9 Å². The summed E-state index contributed by atoms with van der Waals surface area (Å²) in [5, 5.41) is 4.00. The van der Waals surface area contributed by atoms with Crippen molar-refractivity contribution in [1.82, 2.24) is 10.2 Å². The van der Waals surface area contributed by atoms with Crippen LogP contribution in [-0.4, -0.2) is 30.6 Å². The maximum atomic E-state index is 4.00. The molecule has 1 N–H and O–H groups in total. The summed E-state index contributed by atoms with van der Waals surface area (Å²) >= 11 is 0. The van der Waals surface area contributed by atoms with Crippen LogP contribution in [0.4, 0.5) is 0 Å². The summed E-state index contributed by atoms with van der Waals surface area (Å²) < 4.78 is 0. The molecule has 0 saturated carbocycles. The molecule has 3 fully saturated rings. The zero-order valence-corrected chi connectivity index (χ0v) is 13.1. The van der Waals surface area contributed by atoms with Crippen LogP contribution in [0.1, 0.15) is 45.2 Å². The van der Waals surface area contributed by atoms with E-state index in [1.54, 1.807) is 0 Å². The topological polar surface area (TPSA) is 15.3 Å². The summed E-state index contributed by atoms with van der Waals surface area (Å²) in [4.78, 5) is 2.63. The summed E-state index contributed by atoms with van der Waals surface area (Å²) in [6.07, 6.45) is 2.76. The van der Waals surface area contributed by atoms with E-state index in [2.05, 4.69) is 61.3 Å². The predicted octanol–water partition coefficient (Wildman–Crippen LogP) is 3.46. The fourth-order valence-corrected chi connectivity index (χ4v) is 3.86. The van der Waals surface area contributed by atoms with Crippen molar-refractivity contribution in [3.8, 4) is 0 Å². The Bertz CT molecular complexity index is 426. The highest BCUT2D eigenvalue weighted by Gasteiger charge is 2.37. The number of piperidine rings is 3.